The molecule has 0 radical (unpaired) electrons. The highest BCUT2D eigenvalue weighted by Gasteiger charge is 2.28. The maximum Gasteiger partial charge on any atom is 0.409 e. The first-order valence-electron chi connectivity index (χ1n) is 11.0. The number of nitrogens with one attached hydrogen (secondary N) is 1. The molecule has 2 amide bonds. The van der Waals surface area contributed by atoms with Crippen molar-refractivity contribution < 1.29 is 14.3 Å². The molecule has 3 aliphatic rings. The number of nitrogens with zero attached hydrogens (tertiary/aromatic N) is 4. The Morgan fingerprint density at radius 3 is 2.48 bits per heavy atom. The van der Waals surface area contributed by atoms with Gasteiger partial charge >= 0.3 is 6.09 Å². The molecule has 158 valence electrons. The number of carbonyl (C=O) groups excluding carboxylic acids is 2. The van der Waals surface area contributed by atoms with E-state index in [0.717, 1.165) is 75.7 Å². The third-order valence-electron chi connectivity index (χ3n) is 6.13. The second-order valence-corrected chi connectivity index (χ2v) is 8.13. The number of anilines is 1. The molecule has 29 heavy (non-hydrogen) atoms. The fourth-order valence-electron chi connectivity index (χ4n) is 4.50. The second kappa shape index (κ2) is 8.97. The van der Waals surface area contributed by atoms with Crippen LogP contribution in [0.4, 0.5) is 10.7 Å². The summed E-state index contributed by atoms with van der Waals surface area (Å²) in [5.74, 6) is 0.617. The normalized spacial score (nSPS) is 19.8. The third kappa shape index (κ3) is 4.46. The van der Waals surface area contributed by atoms with Gasteiger partial charge in [0, 0.05) is 43.5 Å². The van der Waals surface area contributed by atoms with Gasteiger partial charge in [-0.2, -0.15) is 0 Å². The van der Waals surface area contributed by atoms with Gasteiger partial charge in [0.15, 0.2) is 0 Å². The van der Waals surface area contributed by atoms with Crippen LogP contribution in [0.15, 0.2) is 0 Å². The van der Waals surface area contributed by atoms with E-state index in [9.17, 15) is 9.59 Å². The molecule has 0 aromatic carbocycles. The fourth-order valence-corrected chi connectivity index (χ4v) is 4.50. The first-order chi connectivity index (χ1) is 14.2. The van der Waals surface area contributed by atoms with Gasteiger partial charge in [0.25, 0.3) is 5.91 Å². The molecule has 3 heterocycles. The van der Waals surface area contributed by atoms with E-state index in [1.54, 1.807) is 4.90 Å². The van der Waals surface area contributed by atoms with E-state index >= 15 is 0 Å². The van der Waals surface area contributed by atoms with Gasteiger partial charge in [-0.1, -0.05) is 0 Å². The van der Waals surface area contributed by atoms with Gasteiger partial charge < -0.3 is 19.9 Å². The molecule has 0 saturated carbocycles. The molecule has 2 fully saturated rings. The number of fused-ring (bicyclic) bond motifs is 1. The van der Waals surface area contributed by atoms with E-state index < -0.39 is 0 Å². The molecule has 2 saturated heterocycles. The van der Waals surface area contributed by atoms with Crippen LogP contribution in [0.3, 0.4) is 0 Å². The smallest absolute Gasteiger partial charge is 0.409 e. The van der Waals surface area contributed by atoms with Gasteiger partial charge in [-0.15, -0.1) is 0 Å². The van der Waals surface area contributed by atoms with Crippen molar-refractivity contribution in [3.8, 4) is 0 Å². The monoisotopic (exact) mass is 401 g/mol. The second-order valence-electron chi connectivity index (χ2n) is 8.13. The largest absolute Gasteiger partial charge is 0.450 e. The minimum Gasteiger partial charge on any atom is -0.450 e. The average molecular weight is 402 g/mol. The molecule has 0 bridgehead atoms. The minimum atomic E-state index is -0.266. The predicted octanol–water partition coefficient (Wildman–Crippen LogP) is 2.31. The summed E-state index contributed by atoms with van der Waals surface area (Å²) in [6, 6.07) is 0.0534. The standard InChI is InChI=1S/C21H31N5O3/c1-2-29-21(28)26-13-9-15(10-14-26)22-19(27)18-16-7-3-4-8-17(16)23-20(24-18)25-11-5-6-12-25/h15H,2-14H2,1H3,(H,22,27). The Hall–Kier alpha value is -2.38. The Kier molecular flexibility index (Phi) is 6.16. The zero-order valence-electron chi connectivity index (χ0n) is 17.3. The van der Waals surface area contributed by atoms with E-state index in [2.05, 4.69) is 10.2 Å². The molecule has 2 aliphatic heterocycles. The van der Waals surface area contributed by atoms with Crippen LogP contribution in [0.5, 0.6) is 0 Å². The maximum atomic E-state index is 13.1. The van der Waals surface area contributed by atoms with Crippen LogP contribution in [-0.2, 0) is 17.6 Å². The lowest BCUT2D eigenvalue weighted by Gasteiger charge is -2.31. The minimum absolute atomic E-state index is 0.0534. The molecule has 8 heteroatoms. The van der Waals surface area contributed by atoms with E-state index in [-0.39, 0.29) is 18.0 Å². The number of aryl methyl sites for hydroxylation is 1. The lowest BCUT2D eigenvalue weighted by atomic mass is 9.94. The number of hydrogen-bond donors (Lipinski definition) is 1. The van der Waals surface area contributed by atoms with Crippen LogP contribution in [0, 0.1) is 0 Å². The van der Waals surface area contributed by atoms with Crippen molar-refractivity contribution in [3.63, 3.8) is 0 Å². The summed E-state index contributed by atoms with van der Waals surface area (Å²) in [5, 5.41) is 3.17. The van der Waals surface area contributed by atoms with Gasteiger partial charge in [0.1, 0.15) is 5.69 Å². The first kappa shape index (κ1) is 19.9. The summed E-state index contributed by atoms with van der Waals surface area (Å²) in [6.45, 7) is 5.32. The molecule has 8 nitrogen and oxygen atoms in total. The number of hydrogen-bond acceptors (Lipinski definition) is 6. The molecular weight excluding hydrogens is 370 g/mol. The van der Waals surface area contributed by atoms with Crippen molar-refractivity contribution in [1.29, 1.82) is 0 Å². The van der Waals surface area contributed by atoms with Gasteiger partial charge in [-0.3, -0.25) is 4.79 Å². The number of piperidine rings is 1. The highest BCUT2D eigenvalue weighted by Crippen LogP contribution is 2.26. The molecule has 0 atom stereocenters. The number of amides is 2. The summed E-state index contributed by atoms with van der Waals surface area (Å²) >= 11 is 0. The van der Waals surface area contributed by atoms with E-state index in [1.807, 2.05) is 6.92 Å². The van der Waals surface area contributed by atoms with Crippen molar-refractivity contribution in [2.75, 3.05) is 37.7 Å². The summed E-state index contributed by atoms with van der Waals surface area (Å²) in [4.78, 5) is 38.5. The van der Waals surface area contributed by atoms with Crippen LogP contribution in [-0.4, -0.2) is 65.7 Å². The van der Waals surface area contributed by atoms with Crippen LogP contribution in [0.2, 0.25) is 0 Å². The Balaban J connectivity index is 1.45. The number of likely N-dealkylation sites (tertiary alicyclic amines) is 1. The molecule has 0 spiro atoms. The quantitative estimate of drug-likeness (QED) is 0.833. The van der Waals surface area contributed by atoms with Gasteiger partial charge in [-0.25, -0.2) is 14.8 Å². The SMILES string of the molecule is CCOC(=O)N1CCC(NC(=O)c2nc(N3CCCC3)nc3c2CCCC3)CC1. The summed E-state index contributed by atoms with van der Waals surface area (Å²) in [5.41, 5.74) is 2.64. The number of rotatable bonds is 4. The zero-order chi connectivity index (χ0) is 20.2. The number of aromatic nitrogens is 2. The molecule has 1 aromatic rings. The van der Waals surface area contributed by atoms with Crippen LogP contribution in [0.25, 0.3) is 0 Å². The van der Waals surface area contributed by atoms with Crippen LogP contribution in [0.1, 0.15) is 67.2 Å². The Labute approximate surface area is 172 Å². The highest BCUT2D eigenvalue weighted by atomic mass is 16.6. The van der Waals surface area contributed by atoms with Crippen molar-refractivity contribution in [2.45, 2.75) is 64.3 Å². The van der Waals surface area contributed by atoms with Crippen LogP contribution < -0.4 is 10.2 Å². The van der Waals surface area contributed by atoms with Gasteiger partial charge in [-0.05, 0) is 58.3 Å². The predicted molar refractivity (Wildman–Crippen MR) is 109 cm³/mol. The first-order valence-corrected chi connectivity index (χ1v) is 11.0. The van der Waals surface area contributed by atoms with Crippen molar-refractivity contribution in [2.24, 2.45) is 0 Å². The summed E-state index contributed by atoms with van der Waals surface area (Å²) in [7, 11) is 0. The Morgan fingerprint density at radius 1 is 1.03 bits per heavy atom. The fraction of sp³-hybridized carbons (Fsp3) is 0.714. The molecule has 1 aromatic heterocycles. The number of carbonyl (C=O) groups is 2. The molecular formula is C21H31N5O3. The zero-order valence-corrected chi connectivity index (χ0v) is 17.3. The Bertz CT molecular complexity index is 755. The summed E-state index contributed by atoms with van der Waals surface area (Å²) < 4.78 is 5.07. The van der Waals surface area contributed by atoms with Crippen molar-refractivity contribution >= 4 is 17.9 Å². The molecule has 1 aliphatic carbocycles. The van der Waals surface area contributed by atoms with E-state index in [0.29, 0.717) is 31.3 Å². The topological polar surface area (TPSA) is 87.7 Å². The van der Waals surface area contributed by atoms with E-state index in [4.69, 9.17) is 14.7 Å². The highest BCUT2D eigenvalue weighted by molar-refractivity contribution is 5.94. The van der Waals surface area contributed by atoms with Gasteiger partial charge in [0.05, 0.1) is 6.61 Å². The molecule has 0 unspecified atom stereocenters. The maximum absolute atomic E-state index is 13.1. The van der Waals surface area contributed by atoms with Crippen molar-refractivity contribution in [3.05, 3.63) is 17.0 Å². The third-order valence-corrected chi connectivity index (χ3v) is 6.13. The summed E-state index contributed by atoms with van der Waals surface area (Å²) in [6.07, 6.45) is 7.51. The lowest BCUT2D eigenvalue weighted by Crippen LogP contribution is -2.47. The molecule has 4 rings (SSSR count). The Morgan fingerprint density at radius 2 is 1.76 bits per heavy atom. The van der Waals surface area contributed by atoms with Crippen molar-refractivity contribution in [1.82, 2.24) is 20.2 Å². The van der Waals surface area contributed by atoms with Gasteiger partial charge in [0.2, 0.25) is 5.95 Å². The number of ether oxygens (including phenoxy) is 1. The average Bonchev–Trinajstić information content (AvgIpc) is 3.28. The molecule has 1 N–H and O–H groups in total. The van der Waals surface area contributed by atoms with Crippen LogP contribution >= 0.6 is 0 Å². The lowest BCUT2D eigenvalue weighted by molar-refractivity contribution is 0.0855. The van der Waals surface area contributed by atoms with E-state index in [1.165, 1.54) is 0 Å².